The van der Waals surface area contributed by atoms with E-state index in [-0.39, 0.29) is 0 Å². The molecular weight excluding hydrogens is 332 g/mol. The fraction of sp³-hybridized carbons (Fsp3) is 0.750. The van der Waals surface area contributed by atoms with E-state index in [0.717, 1.165) is 24.8 Å². The van der Waals surface area contributed by atoms with Crippen LogP contribution in [0.1, 0.15) is 60.8 Å². The molecule has 144 valence electrons. The molecule has 0 heterocycles. The molecule has 4 nitrogen and oxygen atoms in total. The van der Waals surface area contributed by atoms with Crippen molar-refractivity contribution in [3.63, 3.8) is 0 Å². The highest BCUT2D eigenvalue weighted by Crippen LogP contribution is 2.42. The maximum Gasteiger partial charge on any atom is 0.337 e. The normalized spacial score (nSPS) is 17.1. The third-order valence-corrected chi connectivity index (χ3v) is 11.4. The summed E-state index contributed by atoms with van der Waals surface area (Å²) in [5.74, 6) is -0.899. The third-order valence-electron chi connectivity index (χ3n) is 5.30. The largest absolute Gasteiger partial charge is 0.479 e. The molecule has 0 radical (unpaired) electrons. The SMILES string of the molecule is CC(C)[Si](OC/C=C\COC(C(=O)O)C1=CCCC1)(C(C)C)C(C)C. The summed E-state index contributed by atoms with van der Waals surface area (Å²) in [4.78, 5) is 11.4. The fourth-order valence-electron chi connectivity index (χ4n) is 4.25. The van der Waals surface area contributed by atoms with Crippen LogP contribution >= 0.6 is 0 Å². The maximum atomic E-state index is 11.4. The van der Waals surface area contributed by atoms with Gasteiger partial charge in [-0.2, -0.15) is 0 Å². The smallest absolute Gasteiger partial charge is 0.337 e. The molecule has 1 aliphatic carbocycles. The van der Waals surface area contributed by atoms with Crippen LogP contribution in [0.25, 0.3) is 0 Å². The molecular formula is C20H36O4Si. The summed E-state index contributed by atoms with van der Waals surface area (Å²) in [5, 5.41) is 9.32. The van der Waals surface area contributed by atoms with Crippen LogP contribution in [0.2, 0.25) is 16.6 Å². The minimum absolute atomic E-state index is 0.303. The van der Waals surface area contributed by atoms with Gasteiger partial charge in [-0.05, 0) is 41.5 Å². The minimum Gasteiger partial charge on any atom is -0.479 e. The first-order valence-electron chi connectivity index (χ1n) is 9.55. The highest BCUT2D eigenvalue weighted by molar-refractivity contribution is 6.77. The van der Waals surface area contributed by atoms with Gasteiger partial charge in [-0.15, -0.1) is 0 Å². The van der Waals surface area contributed by atoms with Gasteiger partial charge >= 0.3 is 5.97 Å². The van der Waals surface area contributed by atoms with Crippen LogP contribution in [0.15, 0.2) is 23.8 Å². The molecule has 0 aliphatic heterocycles. The van der Waals surface area contributed by atoms with E-state index >= 15 is 0 Å². The van der Waals surface area contributed by atoms with Crippen LogP contribution in [-0.2, 0) is 14.0 Å². The molecule has 0 amide bonds. The molecule has 0 saturated carbocycles. The molecule has 1 rings (SSSR count). The molecule has 0 aromatic carbocycles. The lowest BCUT2D eigenvalue weighted by Crippen LogP contribution is -2.47. The monoisotopic (exact) mass is 368 g/mol. The first-order chi connectivity index (χ1) is 11.7. The molecule has 0 fully saturated rings. The Morgan fingerprint density at radius 2 is 1.68 bits per heavy atom. The van der Waals surface area contributed by atoms with Gasteiger partial charge in [0, 0.05) is 0 Å². The lowest BCUT2D eigenvalue weighted by Gasteiger charge is -2.41. The molecule has 1 aliphatic rings. The topological polar surface area (TPSA) is 55.8 Å². The summed E-state index contributed by atoms with van der Waals surface area (Å²) in [7, 11) is -1.84. The number of carbonyl (C=O) groups is 1. The van der Waals surface area contributed by atoms with Crippen LogP contribution in [0, 0.1) is 0 Å². The summed E-state index contributed by atoms with van der Waals surface area (Å²) in [5.41, 5.74) is 2.58. The Morgan fingerprint density at radius 3 is 2.12 bits per heavy atom. The Hall–Kier alpha value is -0.913. The van der Waals surface area contributed by atoms with Gasteiger partial charge < -0.3 is 14.3 Å². The second-order valence-corrected chi connectivity index (χ2v) is 13.3. The van der Waals surface area contributed by atoms with Crippen molar-refractivity contribution >= 4 is 14.3 Å². The van der Waals surface area contributed by atoms with Crippen molar-refractivity contribution < 1.29 is 19.1 Å². The molecule has 25 heavy (non-hydrogen) atoms. The minimum atomic E-state index is -1.84. The zero-order chi connectivity index (χ0) is 19.0. The van der Waals surface area contributed by atoms with E-state index in [1.54, 1.807) is 0 Å². The van der Waals surface area contributed by atoms with Gasteiger partial charge in [0.1, 0.15) is 0 Å². The number of allylic oxidation sites excluding steroid dienone is 1. The van der Waals surface area contributed by atoms with Crippen molar-refractivity contribution in [3.05, 3.63) is 23.8 Å². The quantitative estimate of drug-likeness (QED) is 0.396. The lowest BCUT2D eigenvalue weighted by atomic mass is 10.1. The second-order valence-electron chi connectivity index (χ2n) is 7.82. The van der Waals surface area contributed by atoms with E-state index in [2.05, 4.69) is 41.5 Å². The number of aliphatic carboxylic acids is 1. The van der Waals surface area contributed by atoms with E-state index in [4.69, 9.17) is 9.16 Å². The lowest BCUT2D eigenvalue weighted by molar-refractivity contribution is -0.147. The zero-order valence-corrected chi connectivity index (χ0v) is 17.7. The number of carboxylic acid groups (broad SMARTS) is 1. The number of hydrogen-bond acceptors (Lipinski definition) is 3. The van der Waals surface area contributed by atoms with E-state index < -0.39 is 20.4 Å². The standard InChI is InChI=1S/C20H36O4Si/c1-15(2)25(16(3)4,17(5)6)24-14-10-9-13-23-19(20(21)22)18-11-7-8-12-18/h9-11,15-17,19H,7-8,12-14H2,1-6H3,(H,21,22)/b10-9-. The predicted molar refractivity (Wildman–Crippen MR) is 105 cm³/mol. The van der Waals surface area contributed by atoms with Gasteiger partial charge in [-0.3, -0.25) is 0 Å². The first-order valence-corrected chi connectivity index (χ1v) is 11.7. The van der Waals surface area contributed by atoms with Crippen molar-refractivity contribution in [2.75, 3.05) is 13.2 Å². The summed E-state index contributed by atoms with van der Waals surface area (Å²) >= 11 is 0. The van der Waals surface area contributed by atoms with E-state index in [9.17, 15) is 9.90 Å². The highest BCUT2D eigenvalue weighted by Gasteiger charge is 2.44. The Bertz CT molecular complexity index is 458. The van der Waals surface area contributed by atoms with E-state index in [1.165, 1.54) is 0 Å². The molecule has 1 atom stereocenters. The van der Waals surface area contributed by atoms with Crippen LogP contribution in [-0.4, -0.2) is 38.7 Å². The number of rotatable bonds is 11. The molecule has 1 unspecified atom stereocenters. The number of carboxylic acids is 1. The average Bonchev–Trinajstić information content (AvgIpc) is 3.02. The number of hydrogen-bond donors (Lipinski definition) is 1. The Labute approximate surface area is 154 Å². The van der Waals surface area contributed by atoms with Gasteiger partial charge in [0.05, 0.1) is 13.2 Å². The average molecular weight is 369 g/mol. The third kappa shape index (κ3) is 5.80. The maximum absolute atomic E-state index is 11.4. The van der Waals surface area contributed by atoms with Gasteiger partial charge in [0.15, 0.2) is 6.10 Å². The van der Waals surface area contributed by atoms with Gasteiger partial charge in [0.25, 0.3) is 0 Å². The molecule has 5 heteroatoms. The summed E-state index contributed by atoms with van der Waals surface area (Å²) in [6.45, 7) is 14.5. The summed E-state index contributed by atoms with van der Waals surface area (Å²) < 4.78 is 12.0. The van der Waals surface area contributed by atoms with Crippen molar-refractivity contribution in [1.29, 1.82) is 0 Å². The molecule has 0 aromatic rings. The number of ether oxygens (including phenoxy) is 1. The predicted octanol–water partition coefficient (Wildman–Crippen LogP) is 5.31. The fourth-order valence-corrected chi connectivity index (χ4v) is 9.64. The van der Waals surface area contributed by atoms with Crippen LogP contribution in [0.3, 0.4) is 0 Å². The Kier molecular flexibility index (Phi) is 9.11. The first kappa shape index (κ1) is 22.1. The second kappa shape index (κ2) is 10.3. The van der Waals surface area contributed by atoms with E-state index in [0.29, 0.717) is 29.8 Å². The molecule has 0 spiro atoms. The van der Waals surface area contributed by atoms with Crippen molar-refractivity contribution in [1.82, 2.24) is 0 Å². The molecule has 0 aromatic heterocycles. The van der Waals surface area contributed by atoms with E-state index in [1.807, 2.05) is 18.2 Å². The molecule has 0 bridgehead atoms. The van der Waals surface area contributed by atoms with Gasteiger partial charge in [0.2, 0.25) is 8.32 Å². The van der Waals surface area contributed by atoms with Crippen LogP contribution in [0.4, 0.5) is 0 Å². The summed E-state index contributed by atoms with van der Waals surface area (Å²) in [6, 6.07) is 0. The van der Waals surface area contributed by atoms with Crippen molar-refractivity contribution in [2.45, 2.75) is 83.5 Å². The molecule has 0 saturated heterocycles. The van der Waals surface area contributed by atoms with Gasteiger partial charge in [-0.25, -0.2) is 4.79 Å². The van der Waals surface area contributed by atoms with Crippen LogP contribution < -0.4 is 0 Å². The molecule has 1 N–H and O–H groups in total. The Balaban J connectivity index is 2.52. The van der Waals surface area contributed by atoms with Crippen molar-refractivity contribution in [3.8, 4) is 0 Å². The Morgan fingerprint density at radius 1 is 1.12 bits per heavy atom. The van der Waals surface area contributed by atoms with Crippen molar-refractivity contribution in [2.24, 2.45) is 0 Å². The zero-order valence-electron chi connectivity index (χ0n) is 16.7. The van der Waals surface area contributed by atoms with Crippen LogP contribution in [0.5, 0.6) is 0 Å². The highest BCUT2D eigenvalue weighted by atomic mass is 28.4. The summed E-state index contributed by atoms with van der Waals surface area (Å²) in [6.07, 6.45) is 7.86. The van der Waals surface area contributed by atoms with Gasteiger partial charge in [-0.1, -0.05) is 59.8 Å².